The maximum absolute atomic E-state index is 13.7. The van der Waals surface area contributed by atoms with E-state index in [1.807, 2.05) is 53.4 Å². The van der Waals surface area contributed by atoms with Crippen molar-refractivity contribution in [3.8, 4) is 11.4 Å². The maximum Gasteiger partial charge on any atom is 0.266 e. The summed E-state index contributed by atoms with van der Waals surface area (Å²) in [4.78, 5) is 35.8. The van der Waals surface area contributed by atoms with E-state index >= 15 is 0 Å². The second kappa shape index (κ2) is 11.0. The molecule has 4 rings (SSSR count). The monoisotopic (exact) mass is 476 g/mol. The van der Waals surface area contributed by atoms with Gasteiger partial charge in [0.05, 0.1) is 29.7 Å². The van der Waals surface area contributed by atoms with Crippen molar-refractivity contribution >= 4 is 16.8 Å². The number of piperazine rings is 1. The van der Waals surface area contributed by atoms with Gasteiger partial charge in [0.2, 0.25) is 5.91 Å². The van der Waals surface area contributed by atoms with Crippen LogP contribution in [-0.4, -0.2) is 58.0 Å². The Morgan fingerprint density at radius 3 is 2.60 bits per heavy atom. The van der Waals surface area contributed by atoms with Crippen molar-refractivity contribution in [1.82, 2.24) is 19.4 Å². The molecule has 0 spiro atoms. The number of ether oxygens (including phenoxy) is 1. The Labute approximate surface area is 207 Å². The largest absolute Gasteiger partial charge is 0.495 e. The number of aromatic nitrogens is 2. The molecule has 0 N–H and O–H groups in total. The van der Waals surface area contributed by atoms with E-state index in [1.165, 1.54) is 0 Å². The molecule has 1 aliphatic rings. The van der Waals surface area contributed by atoms with E-state index in [1.54, 1.807) is 11.7 Å². The summed E-state index contributed by atoms with van der Waals surface area (Å²) in [5.74, 6) is 1.54. The number of methoxy groups -OCH3 is 1. The smallest absolute Gasteiger partial charge is 0.266 e. The Kier molecular flexibility index (Phi) is 7.86. The van der Waals surface area contributed by atoms with Crippen molar-refractivity contribution in [3.63, 3.8) is 0 Å². The van der Waals surface area contributed by atoms with Crippen LogP contribution >= 0.6 is 0 Å². The number of unbranched alkanes of at least 4 members (excludes halogenated alkanes) is 2. The Balaban J connectivity index is 1.68. The van der Waals surface area contributed by atoms with Gasteiger partial charge >= 0.3 is 0 Å². The first-order chi connectivity index (χ1) is 17.0. The molecule has 1 fully saturated rings. The van der Waals surface area contributed by atoms with Crippen molar-refractivity contribution in [2.24, 2.45) is 0 Å². The second-order valence-corrected chi connectivity index (χ2v) is 9.36. The lowest BCUT2D eigenvalue weighted by atomic mass is 10.1. The number of hydrogen-bond donors (Lipinski definition) is 0. The topological polar surface area (TPSA) is 67.7 Å². The molecular formula is C28H36N4O3. The predicted molar refractivity (Wildman–Crippen MR) is 139 cm³/mol. The molecule has 2 aromatic carbocycles. The molecule has 3 aromatic rings. The summed E-state index contributed by atoms with van der Waals surface area (Å²) in [6, 6.07) is 15.0. The molecule has 35 heavy (non-hydrogen) atoms. The molecule has 186 valence electrons. The Morgan fingerprint density at radius 2 is 1.86 bits per heavy atom. The normalized spacial score (nSPS) is 17.5. The van der Waals surface area contributed by atoms with Crippen molar-refractivity contribution in [3.05, 3.63) is 64.7 Å². The molecule has 2 atom stereocenters. The van der Waals surface area contributed by atoms with Crippen LogP contribution in [0.5, 0.6) is 5.75 Å². The van der Waals surface area contributed by atoms with Crippen LogP contribution in [0.4, 0.5) is 0 Å². The minimum atomic E-state index is -0.128. The number of nitrogens with zero attached hydrogens (tertiary/aromatic N) is 4. The third kappa shape index (κ3) is 5.10. The highest BCUT2D eigenvalue weighted by Crippen LogP contribution is 2.29. The molecule has 0 radical (unpaired) electrons. The van der Waals surface area contributed by atoms with Crippen molar-refractivity contribution in [2.75, 3.05) is 26.7 Å². The summed E-state index contributed by atoms with van der Waals surface area (Å²) in [5, 5.41) is 0.574. The first-order valence-corrected chi connectivity index (χ1v) is 12.6. The third-order valence-corrected chi connectivity index (χ3v) is 7.02. The first-order valence-electron chi connectivity index (χ1n) is 12.6. The number of carbonyl (C=O) groups is 1. The van der Waals surface area contributed by atoms with Crippen molar-refractivity contribution < 1.29 is 9.53 Å². The number of carbonyl (C=O) groups excluding carboxylic acids is 1. The number of fused-ring (bicyclic) bond motifs is 1. The van der Waals surface area contributed by atoms with E-state index in [0.29, 0.717) is 41.1 Å². The Morgan fingerprint density at radius 1 is 1.11 bits per heavy atom. The van der Waals surface area contributed by atoms with Crippen LogP contribution < -0.4 is 10.3 Å². The molecule has 0 bridgehead atoms. The van der Waals surface area contributed by atoms with Gasteiger partial charge in [-0.1, -0.05) is 44.0 Å². The highest BCUT2D eigenvalue weighted by molar-refractivity contribution is 5.78. The van der Waals surface area contributed by atoms with Gasteiger partial charge in [-0.2, -0.15) is 0 Å². The molecule has 7 nitrogen and oxygen atoms in total. The van der Waals surface area contributed by atoms with Crippen LogP contribution in [0.15, 0.2) is 53.3 Å². The van der Waals surface area contributed by atoms with Gasteiger partial charge in [-0.05, 0) is 44.5 Å². The fourth-order valence-electron chi connectivity index (χ4n) is 5.02. The van der Waals surface area contributed by atoms with Crippen LogP contribution in [-0.2, 0) is 4.79 Å². The average Bonchev–Trinajstić information content (AvgIpc) is 2.88. The van der Waals surface area contributed by atoms with Crippen LogP contribution in [0.25, 0.3) is 16.6 Å². The molecule has 1 aromatic heterocycles. The van der Waals surface area contributed by atoms with Gasteiger partial charge in [-0.3, -0.25) is 19.1 Å². The quantitative estimate of drug-likeness (QED) is 0.446. The summed E-state index contributed by atoms with van der Waals surface area (Å²) in [6.07, 6.45) is 3.77. The number of para-hydroxylation sites is 3. The van der Waals surface area contributed by atoms with Gasteiger partial charge in [-0.15, -0.1) is 0 Å². The lowest BCUT2D eigenvalue weighted by Gasteiger charge is -2.42. The third-order valence-electron chi connectivity index (χ3n) is 7.02. The van der Waals surface area contributed by atoms with E-state index in [2.05, 4.69) is 25.7 Å². The summed E-state index contributed by atoms with van der Waals surface area (Å²) in [5.41, 5.74) is 1.25. The molecule has 7 heteroatoms. The Hall–Kier alpha value is -3.19. The van der Waals surface area contributed by atoms with E-state index in [9.17, 15) is 9.59 Å². The predicted octanol–water partition coefficient (Wildman–Crippen LogP) is 4.57. The fraction of sp³-hybridized carbons (Fsp3) is 0.464. The number of benzene rings is 2. The lowest BCUT2D eigenvalue weighted by molar-refractivity contribution is -0.136. The van der Waals surface area contributed by atoms with Crippen LogP contribution in [0, 0.1) is 0 Å². The average molecular weight is 477 g/mol. The van der Waals surface area contributed by atoms with Gasteiger partial charge in [0.1, 0.15) is 11.6 Å². The summed E-state index contributed by atoms with van der Waals surface area (Å²) in [6.45, 7) is 8.50. The van der Waals surface area contributed by atoms with E-state index in [4.69, 9.17) is 9.72 Å². The lowest BCUT2D eigenvalue weighted by Crippen LogP contribution is -2.54. The minimum Gasteiger partial charge on any atom is -0.495 e. The van der Waals surface area contributed by atoms with Gasteiger partial charge in [0.25, 0.3) is 5.56 Å². The molecule has 1 aliphatic heterocycles. The molecular weight excluding hydrogens is 440 g/mol. The van der Waals surface area contributed by atoms with Crippen molar-refractivity contribution in [1.29, 1.82) is 0 Å². The molecule has 2 heterocycles. The fourth-order valence-corrected chi connectivity index (χ4v) is 5.02. The van der Waals surface area contributed by atoms with Gasteiger partial charge in [-0.25, -0.2) is 4.98 Å². The summed E-state index contributed by atoms with van der Waals surface area (Å²) < 4.78 is 7.29. The number of amides is 1. The first kappa shape index (κ1) is 24.9. The van der Waals surface area contributed by atoms with Crippen LogP contribution in [0.1, 0.15) is 58.3 Å². The summed E-state index contributed by atoms with van der Waals surface area (Å²) in [7, 11) is 1.61. The van der Waals surface area contributed by atoms with Gasteiger partial charge < -0.3 is 9.64 Å². The minimum absolute atomic E-state index is 0.104. The SMILES string of the molecule is CCCCCC(=O)N1CCN(C(C)c2nc3ccccc3c(=O)n2-c2ccccc2OC)CC1C. The van der Waals surface area contributed by atoms with E-state index < -0.39 is 0 Å². The number of hydrogen-bond acceptors (Lipinski definition) is 5. The standard InChI is InChI=1S/C28H36N4O3/c1-5-6-7-16-26(33)31-18-17-30(19-20(31)2)21(3)27-29-23-13-9-8-12-22(23)28(34)32(27)24-14-10-11-15-25(24)35-4/h8-15,20-21H,5-7,16-19H2,1-4H3. The molecule has 1 saturated heterocycles. The van der Waals surface area contributed by atoms with E-state index in [0.717, 1.165) is 32.4 Å². The van der Waals surface area contributed by atoms with Crippen LogP contribution in [0.2, 0.25) is 0 Å². The van der Waals surface area contributed by atoms with Gasteiger partial charge in [0.15, 0.2) is 0 Å². The zero-order chi connectivity index (χ0) is 24.9. The van der Waals surface area contributed by atoms with Crippen molar-refractivity contribution in [2.45, 2.75) is 58.5 Å². The van der Waals surface area contributed by atoms with Gasteiger partial charge in [0, 0.05) is 32.1 Å². The molecule has 0 aliphatic carbocycles. The zero-order valence-electron chi connectivity index (χ0n) is 21.2. The highest BCUT2D eigenvalue weighted by atomic mass is 16.5. The molecule has 0 saturated carbocycles. The van der Waals surface area contributed by atoms with Crippen LogP contribution in [0.3, 0.4) is 0 Å². The second-order valence-electron chi connectivity index (χ2n) is 9.36. The summed E-state index contributed by atoms with van der Waals surface area (Å²) >= 11 is 0. The van der Waals surface area contributed by atoms with E-state index in [-0.39, 0.29) is 23.6 Å². The zero-order valence-corrected chi connectivity index (χ0v) is 21.2. The molecule has 1 amide bonds. The maximum atomic E-state index is 13.7. The number of rotatable bonds is 8. The molecule has 2 unspecified atom stereocenters. The Bertz CT molecular complexity index is 1240. The highest BCUT2D eigenvalue weighted by Gasteiger charge is 2.32.